The van der Waals surface area contributed by atoms with Crippen LogP contribution in [0.25, 0.3) is 0 Å². The van der Waals surface area contributed by atoms with Crippen LogP contribution in [-0.4, -0.2) is 15.7 Å². The van der Waals surface area contributed by atoms with Crippen molar-refractivity contribution in [2.45, 2.75) is 25.3 Å². The van der Waals surface area contributed by atoms with Crippen LogP contribution in [0.15, 0.2) is 22.0 Å². The van der Waals surface area contributed by atoms with E-state index in [9.17, 15) is 0 Å². The van der Waals surface area contributed by atoms with Crippen LogP contribution in [0.5, 0.6) is 0 Å². The molecule has 0 radical (unpaired) electrons. The van der Waals surface area contributed by atoms with E-state index in [1.165, 1.54) is 6.42 Å². The summed E-state index contributed by atoms with van der Waals surface area (Å²) in [5.74, 6) is 1.86. The molecule has 1 heterocycles. The fourth-order valence-corrected chi connectivity index (χ4v) is 2.30. The number of hydrogen-bond donors (Lipinski definition) is 0. The Balaban J connectivity index is 2.50. The fraction of sp³-hybridized carbons (Fsp3) is 0.556. The van der Waals surface area contributed by atoms with Crippen molar-refractivity contribution in [2.75, 3.05) is 5.75 Å². The van der Waals surface area contributed by atoms with Crippen molar-refractivity contribution in [2.24, 2.45) is 5.92 Å². The lowest BCUT2D eigenvalue weighted by molar-refractivity contribution is 0.636. The third-order valence-electron chi connectivity index (χ3n) is 1.84. The van der Waals surface area contributed by atoms with E-state index in [1.54, 1.807) is 24.3 Å². The molecule has 0 N–H and O–H groups in total. The molecule has 4 heteroatoms. The van der Waals surface area contributed by atoms with E-state index in [0.29, 0.717) is 0 Å². The molecule has 0 saturated heterocycles. The van der Waals surface area contributed by atoms with Gasteiger partial charge in [-0.2, -0.15) is 0 Å². The van der Waals surface area contributed by atoms with Gasteiger partial charge >= 0.3 is 0 Å². The van der Waals surface area contributed by atoms with Gasteiger partial charge in [0.15, 0.2) is 0 Å². The fourth-order valence-electron chi connectivity index (χ4n) is 0.747. The largest absolute Gasteiger partial charge is 0.244 e. The third kappa shape index (κ3) is 3.65. The Morgan fingerprint density at radius 2 is 2.38 bits per heavy atom. The molecule has 1 aromatic heterocycles. The van der Waals surface area contributed by atoms with E-state index in [4.69, 9.17) is 0 Å². The van der Waals surface area contributed by atoms with E-state index in [-0.39, 0.29) is 0 Å². The highest BCUT2D eigenvalue weighted by Crippen LogP contribution is 2.25. The molecule has 1 unspecified atom stereocenters. The van der Waals surface area contributed by atoms with Crippen LogP contribution in [0, 0.1) is 5.92 Å². The third-order valence-corrected chi connectivity index (χ3v) is 4.01. The first kappa shape index (κ1) is 11.0. The molecule has 13 heavy (non-hydrogen) atoms. The lowest BCUT2D eigenvalue weighted by atomic mass is 10.2. The van der Waals surface area contributed by atoms with Crippen LogP contribution >= 0.6 is 27.7 Å². The molecule has 0 aromatic carbocycles. The summed E-state index contributed by atoms with van der Waals surface area (Å²) in [6.45, 7) is 4.46. The Bertz CT molecular complexity index is 268. The van der Waals surface area contributed by atoms with Crippen LogP contribution in [0.4, 0.5) is 0 Å². The zero-order chi connectivity index (χ0) is 9.68. The number of rotatable bonds is 4. The van der Waals surface area contributed by atoms with E-state index < -0.39 is 0 Å². The minimum absolute atomic E-state index is 0.742. The molecule has 72 valence electrons. The van der Waals surface area contributed by atoms with Gasteiger partial charge in [-0.1, -0.05) is 20.3 Å². The molecule has 2 nitrogen and oxygen atoms in total. The molecule has 1 rings (SSSR count). The lowest BCUT2D eigenvalue weighted by Crippen LogP contribution is -1.96. The minimum Gasteiger partial charge on any atom is -0.244 e. The highest BCUT2D eigenvalue weighted by molar-refractivity contribution is 9.10. The van der Waals surface area contributed by atoms with Gasteiger partial charge in [-0.3, -0.25) is 0 Å². The SMILES string of the molecule is CCC(C)CSc1ncncc1Br. The predicted molar refractivity (Wildman–Crippen MR) is 59.9 cm³/mol. The van der Waals surface area contributed by atoms with Gasteiger partial charge in [0.05, 0.1) is 4.47 Å². The van der Waals surface area contributed by atoms with Gasteiger partial charge in [0.25, 0.3) is 0 Å². The maximum Gasteiger partial charge on any atom is 0.116 e. The molecule has 0 bridgehead atoms. The summed E-state index contributed by atoms with van der Waals surface area (Å²) in [7, 11) is 0. The predicted octanol–water partition coefficient (Wildman–Crippen LogP) is 3.38. The number of aromatic nitrogens is 2. The van der Waals surface area contributed by atoms with Gasteiger partial charge in [0.1, 0.15) is 11.4 Å². The van der Waals surface area contributed by atoms with Crippen LogP contribution in [0.2, 0.25) is 0 Å². The van der Waals surface area contributed by atoms with Gasteiger partial charge in [0, 0.05) is 11.9 Å². The van der Waals surface area contributed by atoms with Crippen molar-refractivity contribution in [3.63, 3.8) is 0 Å². The molecule has 0 aliphatic heterocycles. The van der Waals surface area contributed by atoms with Crippen LogP contribution in [-0.2, 0) is 0 Å². The molecule has 0 fully saturated rings. The molecule has 1 atom stereocenters. The molecule has 0 aliphatic carbocycles. The maximum atomic E-state index is 4.19. The second kappa shape index (κ2) is 5.60. The Kier molecular flexibility index (Phi) is 4.73. The van der Waals surface area contributed by atoms with E-state index in [1.807, 2.05) is 0 Å². The second-order valence-electron chi connectivity index (χ2n) is 3.00. The van der Waals surface area contributed by atoms with Crippen molar-refractivity contribution in [3.05, 3.63) is 17.0 Å². The van der Waals surface area contributed by atoms with E-state index in [2.05, 4.69) is 39.7 Å². The second-order valence-corrected chi connectivity index (χ2v) is 4.86. The van der Waals surface area contributed by atoms with Crippen LogP contribution in [0.1, 0.15) is 20.3 Å². The summed E-state index contributed by atoms with van der Waals surface area (Å²) < 4.78 is 0.989. The molecule has 0 amide bonds. The summed E-state index contributed by atoms with van der Waals surface area (Å²) in [6.07, 6.45) is 4.59. The Morgan fingerprint density at radius 3 is 3.00 bits per heavy atom. The summed E-state index contributed by atoms with van der Waals surface area (Å²) in [5.41, 5.74) is 0. The van der Waals surface area contributed by atoms with E-state index >= 15 is 0 Å². The molecule has 0 spiro atoms. The van der Waals surface area contributed by atoms with Crippen molar-refractivity contribution in [3.8, 4) is 0 Å². The topological polar surface area (TPSA) is 25.8 Å². The van der Waals surface area contributed by atoms with Crippen LogP contribution in [0.3, 0.4) is 0 Å². The first-order valence-electron chi connectivity index (χ1n) is 4.32. The van der Waals surface area contributed by atoms with Gasteiger partial charge in [0.2, 0.25) is 0 Å². The lowest BCUT2D eigenvalue weighted by Gasteiger charge is -2.07. The van der Waals surface area contributed by atoms with Gasteiger partial charge in [-0.05, 0) is 21.8 Å². The number of hydrogen-bond acceptors (Lipinski definition) is 3. The molecule has 0 aliphatic rings. The number of thioether (sulfide) groups is 1. The van der Waals surface area contributed by atoms with Crippen molar-refractivity contribution in [1.82, 2.24) is 9.97 Å². The Morgan fingerprint density at radius 1 is 1.62 bits per heavy atom. The Hall–Kier alpha value is -0.0900. The smallest absolute Gasteiger partial charge is 0.116 e. The first-order valence-corrected chi connectivity index (χ1v) is 6.10. The quantitative estimate of drug-likeness (QED) is 0.613. The highest BCUT2D eigenvalue weighted by atomic mass is 79.9. The van der Waals surface area contributed by atoms with Crippen molar-refractivity contribution >= 4 is 27.7 Å². The molecular weight excluding hydrogens is 248 g/mol. The molecule has 0 saturated carbocycles. The normalized spacial score (nSPS) is 12.8. The summed E-state index contributed by atoms with van der Waals surface area (Å²) >= 11 is 5.20. The molecular formula is C9H13BrN2S. The summed E-state index contributed by atoms with van der Waals surface area (Å²) in [5, 5.41) is 1.04. The van der Waals surface area contributed by atoms with Crippen LogP contribution < -0.4 is 0 Å². The zero-order valence-electron chi connectivity index (χ0n) is 7.83. The zero-order valence-corrected chi connectivity index (χ0v) is 10.2. The summed E-state index contributed by atoms with van der Waals surface area (Å²) in [4.78, 5) is 8.11. The van der Waals surface area contributed by atoms with E-state index in [0.717, 1.165) is 21.2 Å². The van der Waals surface area contributed by atoms with Crippen molar-refractivity contribution < 1.29 is 0 Å². The number of nitrogens with zero attached hydrogens (tertiary/aromatic N) is 2. The Labute approximate surface area is 91.7 Å². The molecule has 1 aromatic rings. The first-order chi connectivity index (χ1) is 6.24. The van der Waals surface area contributed by atoms with Crippen molar-refractivity contribution in [1.29, 1.82) is 0 Å². The monoisotopic (exact) mass is 260 g/mol. The van der Waals surface area contributed by atoms with Gasteiger partial charge < -0.3 is 0 Å². The maximum absolute atomic E-state index is 4.19. The highest BCUT2D eigenvalue weighted by Gasteiger charge is 2.04. The standard InChI is InChI=1S/C9H13BrN2S/c1-3-7(2)5-13-9-8(10)4-11-6-12-9/h4,6-7H,3,5H2,1-2H3. The van der Waals surface area contributed by atoms with Gasteiger partial charge in [-0.15, -0.1) is 11.8 Å². The van der Waals surface area contributed by atoms with Gasteiger partial charge in [-0.25, -0.2) is 9.97 Å². The number of halogens is 1. The summed E-state index contributed by atoms with van der Waals surface area (Å²) in [6, 6.07) is 0. The average molecular weight is 261 g/mol. The minimum atomic E-state index is 0.742. The average Bonchev–Trinajstić information content (AvgIpc) is 2.16.